The fourth-order valence-corrected chi connectivity index (χ4v) is 3.71. The second-order valence-electron chi connectivity index (χ2n) is 7.96. The van der Waals surface area contributed by atoms with Gasteiger partial charge in [-0.05, 0) is 42.3 Å². The molecule has 34 heavy (non-hydrogen) atoms. The first-order valence-electron chi connectivity index (χ1n) is 10.7. The van der Waals surface area contributed by atoms with Crippen LogP contribution in [0.5, 0.6) is 11.5 Å². The predicted molar refractivity (Wildman–Crippen MR) is 121 cm³/mol. The molecule has 0 aliphatic carbocycles. The number of carbonyl (C=O) groups is 2. The van der Waals surface area contributed by atoms with Crippen LogP contribution < -0.4 is 4.74 Å². The molecule has 2 atom stereocenters. The van der Waals surface area contributed by atoms with E-state index in [0.717, 1.165) is 0 Å². The smallest absolute Gasteiger partial charge is 0.309 e. The van der Waals surface area contributed by atoms with Crippen molar-refractivity contribution in [2.75, 3.05) is 7.11 Å². The predicted octanol–water partition coefficient (Wildman–Crippen LogP) is 5.05. The van der Waals surface area contributed by atoms with E-state index in [2.05, 4.69) is 4.98 Å². The number of nitrogens with zero attached hydrogens (tertiary/aromatic N) is 1. The zero-order valence-electron chi connectivity index (χ0n) is 19.0. The van der Waals surface area contributed by atoms with Gasteiger partial charge < -0.3 is 14.6 Å². The third-order valence-corrected chi connectivity index (χ3v) is 5.49. The van der Waals surface area contributed by atoms with Gasteiger partial charge in [-0.3, -0.25) is 9.59 Å². The SMILES string of the molecule is COc1ccnc(C(=O)CC(C)C(=O)O[C@@H](C)C(c2ccc(F)cc2)c2ccc(F)cc2)c1O. The van der Waals surface area contributed by atoms with Crippen LogP contribution in [0.15, 0.2) is 60.8 Å². The first kappa shape index (κ1) is 24.8. The number of aromatic hydroxyl groups is 1. The van der Waals surface area contributed by atoms with E-state index in [1.165, 1.54) is 50.6 Å². The number of ether oxygens (including phenoxy) is 2. The van der Waals surface area contributed by atoms with Crippen LogP contribution in [0.3, 0.4) is 0 Å². The third kappa shape index (κ3) is 5.75. The van der Waals surface area contributed by atoms with Crippen molar-refractivity contribution in [3.8, 4) is 11.5 Å². The van der Waals surface area contributed by atoms with Crippen LogP contribution in [0, 0.1) is 17.6 Å². The normalized spacial score (nSPS) is 12.8. The molecule has 0 aliphatic rings. The van der Waals surface area contributed by atoms with Gasteiger partial charge in [0.05, 0.1) is 13.0 Å². The highest BCUT2D eigenvalue weighted by atomic mass is 19.1. The molecule has 3 rings (SSSR count). The highest BCUT2D eigenvalue weighted by Crippen LogP contribution is 2.32. The summed E-state index contributed by atoms with van der Waals surface area (Å²) in [7, 11) is 1.35. The minimum absolute atomic E-state index is 0.101. The summed E-state index contributed by atoms with van der Waals surface area (Å²) >= 11 is 0. The van der Waals surface area contributed by atoms with Gasteiger partial charge in [-0.1, -0.05) is 31.2 Å². The maximum atomic E-state index is 13.5. The first-order valence-corrected chi connectivity index (χ1v) is 10.7. The second kappa shape index (κ2) is 10.9. The lowest BCUT2D eigenvalue weighted by molar-refractivity contribution is -0.153. The summed E-state index contributed by atoms with van der Waals surface area (Å²) < 4.78 is 37.6. The monoisotopic (exact) mass is 469 g/mol. The van der Waals surface area contributed by atoms with E-state index in [9.17, 15) is 23.5 Å². The van der Waals surface area contributed by atoms with Gasteiger partial charge in [0, 0.05) is 24.6 Å². The summed E-state index contributed by atoms with van der Waals surface area (Å²) in [5, 5.41) is 10.1. The second-order valence-corrected chi connectivity index (χ2v) is 7.96. The van der Waals surface area contributed by atoms with Crippen molar-refractivity contribution in [1.29, 1.82) is 0 Å². The average Bonchev–Trinajstić information content (AvgIpc) is 2.81. The maximum absolute atomic E-state index is 13.5. The zero-order chi connectivity index (χ0) is 24.8. The van der Waals surface area contributed by atoms with Gasteiger partial charge in [-0.15, -0.1) is 0 Å². The molecule has 3 aromatic rings. The van der Waals surface area contributed by atoms with Crippen molar-refractivity contribution in [2.45, 2.75) is 32.3 Å². The number of halogens is 2. The van der Waals surface area contributed by atoms with Crippen LogP contribution in [-0.2, 0) is 9.53 Å². The van der Waals surface area contributed by atoms with Gasteiger partial charge in [0.2, 0.25) is 0 Å². The van der Waals surface area contributed by atoms with Gasteiger partial charge in [0.1, 0.15) is 17.7 Å². The van der Waals surface area contributed by atoms with Gasteiger partial charge in [-0.25, -0.2) is 13.8 Å². The molecule has 1 N–H and O–H groups in total. The number of esters is 1. The Balaban J connectivity index is 1.76. The summed E-state index contributed by atoms with van der Waals surface area (Å²) in [6.07, 6.45) is 0.383. The fourth-order valence-electron chi connectivity index (χ4n) is 3.71. The number of Topliss-reactive ketones (excluding diaryl/α,β-unsaturated/α-hetero) is 1. The van der Waals surface area contributed by atoms with E-state index >= 15 is 0 Å². The number of hydrogen-bond acceptors (Lipinski definition) is 6. The lowest BCUT2D eigenvalue weighted by atomic mass is 9.87. The number of aromatic nitrogens is 1. The molecule has 6 nitrogen and oxygen atoms in total. The van der Waals surface area contributed by atoms with E-state index in [-0.39, 0.29) is 17.9 Å². The molecule has 1 heterocycles. The molecule has 1 aromatic heterocycles. The molecule has 0 aliphatic heterocycles. The van der Waals surface area contributed by atoms with Crippen molar-refractivity contribution >= 4 is 11.8 Å². The Morgan fingerprint density at radius 2 is 1.47 bits per heavy atom. The first-order chi connectivity index (χ1) is 16.2. The summed E-state index contributed by atoms with van der Waals surface area (Å²) in [5.41, 5.74) is 1.17. The number of pyridine rings is 1. The molecule has 178 valence electrons. The van der Waals surface area contributed by atoms with E-state index < -0.39 is 47.1 Å². The van der Waals surface area contributed by atoms with Crippen molar-refractivity contribution < 1.29 is 33.0 Å². The van der Waals surface area contributed by atoms with Crippen molar-refractivity contribution in [1.82, 2.24) is 4.98 Å². The number of benzene rings is 2. The summed E-state index contributed by atoms with van der Waals surface area (Å²) in [5.74, 6) is -3.60. The third-order valence-electron chi connectivity index (χ3n) is 5.49. The highest BCUT2D eigenvalue weighted by Gasteiger charge is 2.29. The minimum atomic E-state index is -0.829. The van der Waals surface area contributed by atoms with Crippen molar-refractivity contribution in [3.63, 3.8) is 0 Å². The molecule has 0 saturated carbocycles. The molecule has 0 fully saturated rings. The summed E-state index contributed by atoms with van der Waals surface area (Å²) in [4.78, 5) is 29.3. The zero-order valence-corrected chi connectivity index (χ0v) is 19.0. The molecular formula is C26H25F2NO5. The number of ketones is 1. The van der Waals surface area contributed by atoms with E-state index in [1.54, 1.807) is 31.2 Å². The quantitative estimate of drug-likeness (QED) is 0.349. The van der Waals surface area contributed by atoms with Crippen LogP contribution in [-0.4, -0.2) is 35.1 Å². The summed E-state index contributed by atoms with van der Waals surface area (Å²) in [6.45, 7) is 3.22. The minimum Gasteiger partial charge on any atom is -0.503 e. The van der Waals surface area contributed by atoms with Crippen LogP contribution in [0.1, 0.15) is 47.8 Å². The number of hydrogen-bond donors (Lipinski definition) is 1. The topological polar surface area (TPSA) is 85.7 Å². The molecule has 0 radical (unpaired) electrons. The van der Waals surface area contributed by atoms with Crippen molar-refractivity contribution in [2.24, 2.45) is 5.92 Å². The standard InChI is InChI=1S/C26H25F2NO5/c1-15(14-21(30)24-25(31)22(33-3)12-13-29-24)26(32)34-16(2)23(17-4-8-19(27)9-5-17)18-6-10-20(28)11-7-18/h4-13,15-16,23,31H,14H2,1-3H3/t15?,16-/m0/s1. The lowest BCUT2D eigenvalue weighted by Crippen LogP contribution is -2.28. The van der Waals surface area contributed by atoms with E-state index in [0.29, 0.717) is 11.1 Å². The fraction of sp³-hybridized carbons (Fsp3) is 0.269. The van der Waals surface area contributed by atoms with Crippen LogP contribution in [0.2, 0.25) is 0 Å². The Morgan fingerprint density at radius 1 is 0.941 bits per heavy atom. The van der Waals surface area contributed by atoms with Crippen LogP contribution in [0.4, 0.5) is 8.78 Å². The van der Waals surface area contributed by atoms with E-state index in [1.807, 2.05) is 0 Å². The Hall–Kier alpha value is -3.81. The van der Waals surface area contributed by atoms with Crippen molar-refractivity contribution in [3.05, 3.63) is 89.2 Å². The molecule has 0 bridgehead atoms. The largest absolute Gasteiger partial charge is 0.503 e. The van der Waals surface area contributed by atoms with Gasteiger partial charge in [0.15, 0.2) is 23.0 Å². The molecule has 8 heteroatoms. The van der Waals surface area contributed by atoms with Gasteiger partial charge in [0.25, 0.3) is 0 Å². The van der Waals surface area contributed by atoms with Gasteiger partial charge in [-0.2, -0.15) is 0 Å². The molecule has 0 amide bonds. The average molecular weight is 469 g/mol. The lowest BCUT2D eigenvalue weighted by Gasteiger charge is -2.26. The Labute approximate surface area is 196 Å². The van der Waals surface area contributed by atoms with Crippen LogP contribution >= 0.6 is 0 Å². The van der Waals surface area contributed by atoms with Gasteiger partial charge >= 0.3 is 5.97 Å². The number of carbonyl (C=O) groups excluding carboxylic acids is 2. The number of rotatable bonds is 9. The molecule has 1 unspecified atom stereocenters. The van der Waals surface area contributed by atoms with E-state index in [4.69, 9.17) is 9.47 Å². The Kier molecular flexibility index (Phi) is 7.94. The molecule has 0 saturated heterocycles. The molecule has 0 spiro atoms. The Morgan fingerprint density at radius 3 is 1.97 bits per heavy atom. The molecular weight excluding hydrogens is 444 g/mol. The Bertz CT molecular complexity index is 1100. The number of methoxy groups -OCH3 is 1. The van der Waals surface area contributed by atoms with Crippen LogP contribution in [0.25, 0.3) is 0 Å². The molecule has 2 aromatic carbocycles. The highest BCUT2D eigenvalue weighted by molar-refractivity contribution is 5.99. The summed E-state index contributed by atoms with van der Waals surface area (Å²) in [6, 6.07) is 12.9. The maximum Gasteiger partial charge on any atom is 0.309 e.